The number of rotatable bonds is 12. The molecule has 4 rings (SSSR count). The summed E-state index contributed by atoms with van der Waals surface area (Å²) in [7, 11) is 6.14. The zero-order valence-corrected chi connectivity index (χ0v) is 23.6. The van der Waals surface area contributed by atoms with Gasteiger partial charge >= 0.3 is 5.97 Å². The third kappa shape index (κ3) is 6.78. The third-order valence-electron chi connectivity index (χ3n) is 6.32. The van der Waals surface area contributed by atoms with E-state index in [2.05, 4.69) is 10.3 Å². The van der Waals surface area contributed by atoms with Crippen LogP contribution in [0, 0.1) is 0 Å². The van der Waals surface area contributed by atoms with Crippen LogP contribution in [0.25, 0.3) is 10.9 Å². The van der Waals surface area contributed by atoms with E-state index in [0.717, 1.165) is 10.9 Å². The number of hydrogen-bond acceptors (Lipinski definition) is 9. The van der Waals surface area contributed by atoms with Crippen LogP contribution >= 0.6 is 0 Å². The molecule has 1 atom stereocenters. The highest BCUT2D eigenvalue weighted by Crippen LogP contribution is 2.37. The summed E-state index contributed by atoms with van der Waals surface area (Å²) in [5.41, 5.74) is 1.81. The van der Waals surface area contributed by atoms with Crippen LogP contribution in [0.2, 0.25) is 0 Å². The molecule has 0 aliphatic carbocycles. The van der Waals surface area contributed by atoms with Gasteiger partial charge in [-0.3, -0.25) is 9.78 Å². The van der Waals surface area contributed by atoms with Crippen LogP contribution in [0.1, 0.15) is 22.8 Å². The number of fused-ring (bicyclic) bond motifs is 1. The summed E-state index contributed by atoms with van der Waals surface area (Å²) in [5.74, 6) is 2.23. The molecule has 0 fully saturated rings. The van der Waals surface area contributed by atoms with Gasteiger partial charge in [-0.25, -0.2) is 4.79 Å². The molecule has 0 radical (unpaired) electrons. The van der Waals surface area contributed by atoms with E-state index in [1.807, 2.05) is 18.2 Å². The lowest BCUT2D eigenvalue weighted by Gasteiger charge is -2.18. The zero-order chi connectivity index (χ0) is 29.4. The number of methoxy groups -OCH3 is 4. The number of nitrogens with one attached hydrogen (secondary N) is 1. The van der Waals surface area contributed by atoms with E-state index in [4.69, 9.17) is 28.4 Å². The van der Waals surface area contributed by atoms with Gasteiger partial charge in [0.15, 0.2) is 23.0 Å². The smallest absolute Gasteiger partial charge is 0.328 e. The SMILES string of the molecule is CCOC(=O)C(Cc1ccc(Oc2ccnc3cc(OC)c(OC)cc23)cc1)NC(=O)c1ccc(OC)c(OC)c1. The first-order chi connectivity index (χ1) is 19.9. The maximum Gasteiger partial charge on any atom is 0.328 e. The lowest BCUT2D eigenvalue weighted by atomic mass is 10.0. The van der Waals surface area contributed by atoms with Crippen molar-refractivity contribution >= 4 is 22.8 Å². The van der Waals surface area contributed by atoms with Gasteiger partial charge in [0.25, 0.3) is 5.91 Å². The normalized spacial score (nSPS) is 11.3. The Bertz CT molecular complexity index is 1520. The predicted octanol–water partition coefficient (Wildman–Crippen LogP) is 4.97. The number of nitrogens with zero attached hydrogens (tertiary/aromatic N) is 1. The average molecular weight is 561 g/mol. The van der Waals surface area contributed by atoms with E-state index in [1.165, 1.54) is 14.2 Å². The molecule has 0 spiro atoms. The molecular weight excluding hydrogens is 528 g/mol. The Morgan fingerprint density at radius 1 is 0.780 bits per heavy atom. The Labute approximate surface area is 238 Å². The van der Waals surface area contributed by atoms with Crippen molar-refractivity contribution in [3.63, 3.8) is 0 Å². The van der Waals surface area contributed by atoms with E-state index in [0.29, 0.717) is 45.6 Å². The summed E-state index contributed by atoms with van der Waals surface area (Å²) < 4.78 is 32.7. The molecule has 0 aliphatic heterocycles. The summed E-state index contributed by atoms with van der Waals surface area (Å²) in [6.07, 6.45) is 1.87. The first-order valence-electron chi connectivity index (χ1n) is 12.9. The molecule has 0 saturated carbocycles. The molecule has 214 valence electrons. The van der Waals surface area contributed by atoms with Crippen LogP contribution < -0.4 is 29.0 Å². The molecule has 3 aromatic carbocycles. The fourth-order valence-corrected chi connectivity index (χ4v) is 4.25. The van der Waals surface area contributed by atoms with Crippen molar-refractivity contribution in [1.82, 2.24) is 10.3 Å². The molecule has 10 heteroatoms. The summed E-state index contributed by atoms with van der Waals surface area (Å²) in [4.78, 5) is 30.2. The molecular formula is C31H32N2O8. The van der Waals surface area contributed by atoms with Crippen LogP contribution in [-0.4, -0.2) is 57.9 Å². The van der Waals surface area contributed by atoms with Crippen LogP contribution in [-0.2, 0) is 16.0 Å². The third-order valence-corrected chi connectivity index (χ3v) is 6.32. The minimum Gasteiger partial charge on any atom is -0.493 e. The second-order valence-electron chi connectivity index (χ2n) is 8.83. The van der Waals surface area contributed by atoms with Crippen LogP contribution in [0.5, 0.6) is 34.5 Å². The molecule has 1 unspecified atom stereocenters. The van der Waals surface area contributed by atoms with Gasteiger partial charge in [-0.2, -0.15) is 0 Å². The number of carbonyl (C=O) groups excluding carboxylic acids is 2. The second-order valence-corrected chi connectivity index (χ2v) is 8.83. The van der Waals surface area contributed by atoms with Crippen LogP contribution in [0.3, 0.4) is 0 Å². The molecule has 4 aromatic rings. The highest BCUT2D eigenvalue weighted by molar-refractivity contribution is 5.97. The highest BCUT2D eigenvalue weighted by atomic mass is 16.5. The van der Waals surface area contributed by atoms with Crippen molar-refractivity contribution in [2.45, 2.75) is 19.4 Å². The first kappa shape index (κ1) is 29.0. The number of ether oxygens (including phenoxy) is 6. The fourth-order valence-electron chi connectivity index (χ4n) is 4.25. The van der Waals surface area contributed by atoms with E-state index in [1.54, 1.807) is 69.8 Å². The number of benzene rings is 3. The van der Waals surface area contributed by atoms with Crippen molar-refractivity contribution in [2.24, 2.45) is 0 Å². The number of hydrogen-bond donors (Lipinski definition) is 1. The van der Waals surface area contributed by atoms with Gasteiger partial charge in [-0.15, -0.1) is 0 Å². The molecule has 1 amide bonds. The average Bonchev–Trinajstić information content (AvgIpc) is 3.00. The Morgan fingerprint density at radius 2 is 1.44 bits per heavy atom. The summed E-state index contributed by atoms with van der Waals surface area (Å²) in [5, 5.41) is 3.54. The maximum atomic E-state index is 13.0. The van der Waals surface area contributed by atoms with E-state index >= 15 is 0 Å². The molecule has 0 saturated heterocycles. The number of aromatic nitrogens is 1. The van der Waals surface area contributed by atoms with Crippen molar-refractivity contribution < 1.29 is 38.0 Å². The molecule has 1 N–H and O–H groups in total. The van der Waals surface area contributed by atoms with Crippen molar-refractivity contribution in [1.29, 1.82) is 0 Å². The van der Waals surface area contributed by atoms with Gasteiger partial charge in [0.05, 0.1) is 40.6 Å². The minimum atomic E-state index is -0.908. The van der Waals surface area contributed by atoms with E-state index in [9.17, 15) is 9.59 Å². The van der Waals surface area contributed by atoms with E-state index in [-0.39, 0.29) is 13.0 Å². The summed E-state index contributed by atoms with van der Waals surface area (Å²) in [6, 6.07) is 16.5. The van der Waals surface area contributed by atoms with E-state index < -0.39 is 17.9 Å². The standard InChI is InChI=1S/C31H32N2O8/c1-6-40-31(35)24(33-30(34)20-9-12-26(36-2)27(16-20)37-3)15-19-7-10-21(11-8-19)41-25-13-14-32-23-18-29(39-5)28(38-4)17-22(23)25/h7-14,16-18,24H,6,15H2,1-5H3,(H,33,34). The topological polar surface area (TPSA) is 114 Å². The number of amides is 1. The Kier molecular flexibility index (Phi) is 9.47. The first-order valence-corrected chi connectivity index (χ1v) is 12.9. The fraction of sp³-hybridized carbons (Fsp3) is 0.258. The Morgan fingerprint density at radius 3 is 2.10 bits per heavy atom. The van der Waals surface area contributed by atoms with Gasteiger partial charge in [-0.05, 0) is 55.0 Å². The van der Waals surface area contributed by atoms with Gasteiger partial charge in [-0.1, -0.05) is 12.1 Å². The maximum absolute atomic E-state index is 13.0. The van der Waals surface area contributed by atoms with Crippen LogP contribution in [0.15, 0.2) is 66.9 Å². The molecule has 10 nitrogen and oxygen atoms in total. The lowest BCUT2D eigenvalue weighted by molar-refractivity contribution is -0.145. The van der Waals surface area contributed by atoms with Crippen LogP contribution in [0.4, 0.5) is 0 Å². The largest absolute Gasteiger partial charge is 0.493 e. The number of carbonyl (C=O) groups is 2. The summed E-state index contributed by atoms with van der Waals surface area (Å²) >= 11 is 0. The number of esters is 1. The van der Waals surface area contributed by atoms with Gasteiger partial charge < -0.3 is 33.7 Å². The molecule has 1 heterocycles. The minimum absolute atomic E-state index is 0.185. The molecule has 41 heavy (non-hydrogen) atoms. The van der Waals surface area contributed by atoms with Gasteiger partial charge in [0.1, 0.15) is 17.5 Å². The predicted molar refractivity (Wildman–Crippen MR) is 153 cm³/mol. The lowest BCUT2D eigenvalue weighted by Crippen LogP contribution is -2.43. The van der Waals surface area contributed by atoms with Gasteiger partial charge in [0.2, 0.25) is 0 Å². The van der Waals surface area contributed by atoms with Crippen molar-refractivity contribution in [2.75, 3.05) is 35.0 Å². The Hall–Kier alpha value is -4.99. The Balaban J connectivity index is 1.51. The summed E-state index contributed by atoms with van der Waals surface area (Å²) in [6.45, 7) is 1.90. The quantitative estimate of drug-likeness (QED) is 0.240. The van der Waals surface area contributed by atoms with Crippen molar-refractivity contribution in [3.05, 3.63) is 78.0 Å². The molecule has 0 bridgehead atoms. The molecule has 1 aromatic heterocycles. The zero-order valence-electron chi connectivity index (χ0n) is 23.6. The second kappa shape index (κ2) is 13.4. The monoisotopic (exact) mass is 560 g/mol. The number of pyridine rings is 1. The molecule has 0 aliphatic rings. The highest BCUT2D eigenvalue weighted by Gasteiger charge is 2.24. The van der Waals surface area contributed by atoms with Crippen molar-refractivity contribution in [3.8, 4) is 34.5 Å². The van der Waals surface area contributed by atoms with Gasteiger partial charge in [0, 0.05) is 29.6 Å².